The maximum absolute atomic E-state index is 11.4. The van der Waals surface area contributed by atoms with Crippen LogP contribution in [0.1, 0.15) is 44.4 Å². The highest BCUT2D eigenvalue weighted by Crippen LogP contribution is 2.24. The number of carbonyl (C=O) groups is 1. The number of rotatable bonds is 7. The quantitative estimate of drug-likeness (QED) is 0.348. The second-order valence-electron chi connectivity index (χ2n) is 5.91. The van der Waals surface area contributed by atoms with Gasteiger partial charge in [0.1, 0.15) is 6.04 Å². The summed E-state index contributed by atoms with van der Waals surface area (Å²) in [5, 5.41) is 15.7. The van der Waals surface area contributed by atoms with E-state index in [0.717, 1.165) is 5.56 Å². The average Bonchev–Trinajstić information content (AvgIpc) is 2.41. The number of hydrogen-bond acceptors (Lipinski definition) is 3. The molecular weight excluding hydrogens is 268 g/mol. The lowest BCUT2D eigenvalue weighted by molar-refractivity contribution is -0.139. The van der Waals surface area contributed by atoms with E-state index in [4.69, 9.17) is 5.53 Å². The van der Waals surface area contributed by atoms with Gasteiger partial charge in [-0.3, -0.25) is 4.79 Å². The van der Waals surface area contributed by atoms with Crippen LogP contribution in [0.3, 0.4) is 0 Å². The number of aliphatic carboxylic acids is 1. The zero-order chi connectivity index (χ0) is 15.9. The number of nitrogens with zero attached hydrogens (tertiary/aromatic N) is 3. The SMILES string of the molecule is CC(C)(C)c1ccc(C(NCCCN=[N+]=[N-])C(=O)O)cc1. The second-order valence-corrected chi connectivity index (χ2v) is 5.91. The predicted octanol–water partition coefficient (Wildman–Crippen LogP) is 3.40. The van der Waals surface area contributed by atoms with Crippen molar-refractivity contribution in [2.75, 3.05) is 13.1 Å². The zero-order valence-electron chi connectivity index (χ0n) is 12.7. The summed E-state index contributed by atoms with van der Waals surface area (Å²) >= 11 is 0. The maximum atomic E-state index is 11.4. The third-order valence-corrected chi connectivity index (χ3v) is 3.20. The number of carboxylic acids is 1. The van der Waals surface area contributed by atoms with Crippen LogP contribution in [0.15, 0.2) is 29.4 Å². The minimum atomic E-state index is -0.915. The molecule has 0 spiro atoms. The van der Waals surface area contributed by atoms with Gasteiger partial charge >= 0.3 is 5.97 Å². The number of nitrogens with one attached hydrogen (secondary N) is 1. The summed E-state index contributed by atoms with van der Waals surface area (Å²) < 4.78 is 0. The van der Waals surface area contributed by atoms with Gasteiger partial charge in [-0.05, 0) is 35.0 Å². The summed E-state index contributed by atoms with van der Waals surface area (Å²) in [6.07, 6.45) is 0.605. The largest absolute Gasteiger partial charge is 0.480 e. The highest BCUT2D eigenvalue weighted by Gasteiger charge is 2.20. The number of azide groups is 1. The molecule has 0 aliphatic carbocycles. The Kier molecular flexibility index (Phi) is 6.21. The molecule has 6 nitrogen and oxygen atoms in total. The van der Waals surface area contributed by atoms with Gasteiger partial charge in [-0.1, -0.05) is 50.2 Å². The molecule has 1 unspecified atom stereocenters. The lowest BCUT2D eigenvalue weighted by atomic mass is 9.86. The fraction of sp³-hybridized carbons (Fsp3) is 0.533. The average molecular weight is 290 g/mol. The van der Waals surface area contributed by atoms with Gasteiger partial charge in [-0.2, -0.15) is 0 Å². The summed E-state index contributed by atoms with van der Waals surface area (Å²) in [7, 11) is 0. The van der Waals surface area contributed by atoms with Gasteiger partial charge in [0.25, 0.3) is 0 Å². The first kappa shape index (κ1) is 17.0. The molecule has 6 heteroatoms. The van der Waals surface area contributed by atoms with Crippen molar-refractivity contribution >= 4 is 5.97 Å². The third-order valence-electron chi connectivity index (χ3n) is 3.20. The van der Waals surface area contributed by atoms with Crippen LogP contribution in [0.4, 0.5) is 0 Å². The molecule has 0 aliphatic rings. The molecule has 1 atom stereocenters. The van der Waals surface area contributed by atoms with E-state index in [1.807, 2.05) is 24.3 Å². The highest BCUT2D eigenvalue weighted by molar-refractivity contribution is 5.75. The molecule has 114 valence electrons. The van der Waals surface area contributed by atoms with Crippen LogP contribution in [0, 0.1) is 0 Å². The normalized spacial score (nSPS) is 12.5. The summed E-state index contributed by atoms with van der Waals surface area (Å²) in [5.74, 6) is -0.915. The molecule has 0 saturated carbocycles. The lowest BCUT2D eigenvalue weighted by Crippen LogP contribution is -2.29. The zero-order valence-corrected chi connectivity index (χ0v) is 12.7. The second kappa shape index (κ2) is 7.67. The van der Waals surface area contributed by atoms with E-state index in [0.29, 0.717) is 19.5 Å². The van der Waals surface area contributed by atoms with Crippen LogP contribution in [0.5, 0.6) is 0 Å². The van der Waals surface area contributed by atoms with Gasteiger partial charge < -0.3 is 10.4 Å². The lowest BCUT2D eigenvalue weighted by Gasteiger charge is -2.20. The van der Waals surface area contributed by atoms with Crippen molar-refractivity contribution in [1.29, 1.82) is 0 Å². The number of hydrogen-bond donors (Lipinski definition) is 2. The molecule has 0 aromatic heterocycles. The molecule has 21 heavy (non-hydrogen) atoms. The summed E-state index contributed by atoms with van der Waals surface area (Å²) in [5.41, 5.74) is 10.1. The topological polar surface area (TPSA) is 98.1 Å². The van der Waals surface area contributed by atoms with Crippen LogP contribution >= 0.6 is 0 Å². The van der Waals surface area contributed by atoms with E-state index >= 15 is 0 Å². The van der Waals surface area contributed by atoms with Crippen molar-refractivity contribution in [3.63, 3.8) is 0 Å². The third kappa shape index (κ3) is 5.45. The van der Waals surface area contributed by atoms with Crippen LogP contribution < -0.4 is 5.32 Å². The summed E-state index contributed by atoms with van der Waals surface area (Å²) in [6, 6.07) is 6.88. The van der Waals surface area contributed by atoms with E-state index in [1.54, 1.807) is 0 Å². The van der Waals surface area contributed by atoms with Gasteiger partial charge in [0.05, 0.1) is 0 Å². The van der Waals surface area contributed by atoms with Crippen LogP contribution in [0.25, 0.3) is 10.4 Å². The summed E-state index contributed by atoms with van der Waals surface area (Å²) in [6.45, 7) is 7.19. The monoisotopic (exact) mass is 290 g/mol. The Labute approximate surface area is 124 Å². The Morgan fingerprint density at radius 3 is 2.48 bits per heavy atom. The first-order chi connectivity index (χ1) is 9.86. The molecule has 0 amide bonds. The first-order valence-electron chi connectivity index (χ1n) is 6.93. The molecular formula is C15H22N4O2. The smallest absolute Gasteiger partial charge is 0.325 e. The van der Waals surface area contributed by atoms with Gasteiger partial charge in [0, 0.05) is 11.5 Å². The van der Waals surface area contributed by atoms with Gasteiger partial charge in [-0.15, -0.1) is 0 Å². The molecule has 0 aliphatic heterocycles. The van der Waals surface area contributed by atoms with Crippen LogP contribution in [0.2, 0.25) is 0 Å². The molecule has 2 N–H and O–H groups in total. The maximum Gasteiger partial charge on any atom is 0.325 e. The number of carboxylic acid groups (broad SMARTS) is 1. The Bertz CT molecular complexity index is 513. The molecule has 0 radical (unpaired) electrons. The Hall–Kier alpha value is -2.04. The molecule has 1 aromatic rings. The fourth-order valence-corrected chi connectivity index (χ4v) is 1.96. The van der Waals surface area contributed by atoms with E-state index in [2.05, 4.69) is 36.1 Å². The molecule has 1 aromatic carbocycles. The van der Waals surface area contributed by atoms with E-state index in [-0.39, 0.29) is 5.41 Å². The van der Waals surface area contributed by atoms with Crippen molar-refractivity contribution < 1.29 is 9.90 Å². The fourth-order valence-electron chi connectivity index (χ4n) is 1.96. The van der Waals surface area contributed by atoms with Crippen LogP contribution in [-0.2, 0) is 10.2 Å². The standard InChI is InChI=1S/C15H22N4O2/c1-15(2,3)12-7-5-11(6-8-12)13(14(20)21)17-9-4-10-18-19-16/h5-8,13,17H,4,9-10H2,1-3H3,(H,20,21). The van der Waals surface area contributed by atoms with E-state index in [1.165, 1.54) is 5.56 Å². The van der Waals surface area contributed by atoms with Gasteiger partial charge in [0.15, 0.2) is 0 Å². The summed E-state index contributed by atoms with van der Waals surface area (Å²) in [4.78, 5) is 14.0. The Balaban J connectivity index is 2.72. The molecule has 0 heterocycles. The Morgan fingerprint density at radius 2 is 2.00 bits per heavy atom. The van der Waals surface area contributed by atoms with Crippen molar-refractivity contribution in [1.82, 2.24) is 5.32 Å². The first-order valence-corrected chi connectivity index (χ1v) is 6.93. The van der Waals surface area contributed by atoms with Crippen molar-refractivity contribution in [3.05, 3.63) is 45.8 Å². The molecule has 0 bridgehead atoms. The van der Waals surface area contributed by atoms with E-state index < -0.39 is 12.0 Å². The van der Waals surface area contributed by atoms with Gasteiger partial charge in [-0.25, -0.2) is 0 Å². The molecule has 1 rings (SSSR count). The van der Waals surface area contributed by atoms with Crippen molar-refractivity contribution in [2.24, 2.45) is 5.11 Å². The predicted molar refractivity (Wildman–Crippen MR) is 82.2 cm³/mol. The molecule has 0 fully saturated rings. The van der Waals surface area contributed by atoms with E-state index in [9.17, 15) is 9.90 Å². The minimum absolute atomic E-state index is 0.0416. The number of benzene rings is 1. The van der Waals surface area contributed by atoms with Crippen molar-refractivity contribution in [2.45, 2.75) is 38.6 Å². The van der Waals surface area contributed by atoms with Crippen molar-refractivity contribution in [3.8, 4) is 0 Å². The highest BCUT2D eigenvalue weighted by atomic mass is 16.4. The minimum Gasteiger partial charge on any atom is -0.480 e. The molecule has 0 saturated heterocycles. The van der Waals surface area contributed by atoms with Gasteiger partial charge in [0.2, 0.25) is 0 Å². The Morgan fingerprint density at radius 1 is 1.38 bits per heavy atom. The van der Waals surface area contributed by atoms with Crippen LogP contribution in [-0.4, -0.2) is 24.2 Å².